The second kappa shape index (κ2) is 7.52. The van der Waals surface area contributed by atoms with Gasteiger partial charge in [0.15, 0.2) is 6.61 Å². The molecular weight excluding hydrogens is 381 g/mol. The number of carbonyl (C=O) groups is 2. The first-order valence-corrected chi connectivity index (χ1v) is 9.75. The molecule has 2 aromatic rings. The molecule has 1 amide bonds. The summed E-state index contributed by atoms with van der Waals surface area (Å²) in [5.41, 5.74) is 0. The summed E-state index contributed by atoms with van der Waals surface area (Å²) >= 11 is 13.5. The molecule has 1 aromatic carbocycles. The second-order valence-electron chi connectivity index (χ2n) is 6.71. The number of hydrogen-bond acceptors (Lipinski definition) is 4. The van der Waals surface area contributed by atoms with E-state index in [0.717, 1.165) is 16.5 Å². The normalized spacial score (nSPS) is 20.7. The molecule has 0 bridgehead atoms. The van der Waals surface area contributed by atoms with Crippen LogP contribution in [0, 0.1) is 11.8 Å². The van der Waals surface area contributed by atoms with E-state index in [1.165, 1.54) is 11.3 Å². The first-order chi connectivity index (χ1) is 11.8. The van der Waals surface area contributed by atoms with Gasteiger partial charge in [0.2, 0.25) is 0 Å². The molecule has 0 N–H and O–H groups in total. The van der Waals surface area contributed by atoms with Gasteiger partial charge in [-0.1, -0.05) is 43.1 Å². The van der Waals surface area contributed by atoms with Gasteiger partial charge >= 0.3 is 5.97 Å². The smallest absolute Gasteiger partial charge is 0.350 e. The zero-order valence-corrected chi connectivity index (χ0v) is 16.4. The van der Waals surface area contributed by atoms with Crippen LogP contribution in [-0.2, 0) is 9.53 Å². The van der Waals surface area contributed by atoms with Gasteiger partial charge in [-0.3, -0.25) is 4.79 Å². The number of carbonyl (C=O) groups excluding carboxylic acids is 2. The average Bonchev–Trinajstić information content (AvgIpc) is 2.87. The maximum Gasteiger partial charge on any atom is 0.350 e. The van der Waals surface area contributed by atoms with Crippen LogP contribution in [0.25, 0.3) is 10.1 Å². The minimum absolute atomic E-state index is 0.160. The first-order valence-electron chi connectivity index (χ1n) is 8.17. The van der Waals surface area contributed by atoms with Gasteiger partial charge in [-0.25, -0.2) is 4.79 Å². The van der Waals surface area contributed by atoms with Crippen molar-refractivity contribution in [2.24, 2.45) is 11.8 Å². The highest BCUT2D eigenvalue weighted by molar-refractivity contribution is 7.21. The largest absolute Gasteiger partial charge is 0.451 e. The van der Waals surface area contributed by atoms with Crippen LogP contribution in [0.1, 0.15) is 29.9 Å². The summed E-state index contributed by atoms with van der Waals surface area (Å²) in [6, 6.07) is 5.25. The van der Waals surface area contributed by atoms with Crippen LogP contribution in [-0.4, -0.2) is 36.5 Å². The molecule has 1 aromatic heterocycles. The summed E-state index contributed by atoms with van der Waals surface area (Å²) in [7, 11) is 0. The molecule has 1 fully saturated rings. The molecule has 0 saturated carbocycles. The minimum Gasteiger partial charge on any atom is -0.451 e. The van der Waals surface area contributed by atoms with Gasteiger partial charge in [0.05, 0.1) is 5.02 Å². The Bertz CT molecular complexity index is 810. The number of fused-ring (bicyclic) bond motifs is 1. The Morgan fingerprint density at radius 1 is 1.24 bits per heavy atom. The van der Waals surface area contributed by atoms with E-state index in [1.807, 2.05) is 0 Å². The van der Waals surface area contributed by atoms with E-state index in [4.69, 9.17) is 27.9 Å². The highest BCUT2D eigenvalue weighted by Crippen LogP contribution is 2.37. The molecule has 3 rings (SSSR count). The predicted molar refractivity (Wildman–Crippen MR) is 102 cm³/mol. The number of thiophene rings is 1. The summed E-state index contributed by atoms with van der Waals surface area (Å²) < 4.78 is 6.03. The van der Waals surface area contributed by atoms with Crippen molar-refractivity contribution in [2.45, 2.75) is 20.3 Å². The summed E-state index contributed by atoms with van der Waals surface area (Å²) in [6.45, 7) is 5.42. The predicted octanol–water partition coefficient (Wildman–Crippen LogP) is 4.87. The number of halogens is 2. The van der Waals surface area contributed by atoms with Crippen molar-refractivity contribution in [2.75, 3.05) is 19.7 Å². The number of nitrogens with zero attached hydrogens (tertiary/aromatic N) is 1. The minimum atomic E-state index is -0.575. The Morgan fingerprint density at radius 2 is 1.92 bits per heavy atom. The van der Waals surface area contributed by atoms with E-state index in [0.29, 0.717) is 39.8 Å². The average molecular weight is 400 g/mol. The van der Waals surface area contributed by atoms with Gasteiger partial charge in [0.25, 0.3) is 5.91 Å². The summed E-state index contributed by atoms with van der Waals surface area (Å²) in [6.07, 6.45) is 1.11. The zero-order valence-electron chi connectivity index (χ0n) is 14.1. The van der Waals surface area contributed by atoms with Gasteiger partial charge < -0.3 is 9.64 Å². The Kier molecular flexibility index (Phi) is 5.56. The van der Waals surface area contributed by atoms with E-state index >= 15 is 0 Å². The van der Waals surface area contributed by atoms with E-state index in [-0.39, 0.29) is 12.5 Å². The molecule has 25 heavy (non-hydrogen) atoms. The third-order valence-electron chi connectivity index (χ3n) is 4.33. The summed E-state index contributed by atoms with van der Waals surface area (Å²) in [4.78, 5) is 26.7. The Labute approximate surface area is 160 Å². The van der Waals surface area contributed by atoms with Crippen LogP contribution < -0.4 is 0 Å². The Balaban J connectivity index is 1.66. The van der Waals surface area contributed by atoms with E-state index in [1.54, 1.807) is 23.1 Å². The Morgan fingerprint density at radius 3 is 2.60 bits per heavy atom. The maximum atomic E-state index is 12.3. The molecule has 0 unspecified atom stereocenters. The topological polar surface area (TPSA) is 46.6 Å². The van der Waals surface area contributed by atoms with Crippen molar-refractivity contribution >= 4 is 56.5 Å². The van der Waals surface area contributed by atoms with Crippen LogP contribution >= 0.6 is 34.5 Å². The third kappa shape index (κ3) is 4.10. The van der Waals surface area contributed by atoms with E-state index in [9.17, 15) is 9.59 Å². The van der Waals surface area contributed by atoms with Crippen LogP contribution in [0.5, 0.6) is 0 Å². The number of rotatable bonds is 3. The van der Waals surface area contributed by atoms with Gasteiger partial charge in [-0.2, -0.15) is 0 Å². The first kappa shape index (κ1) is 18.5. The lowest BCUT2D eigenvalue weighted by Gasteiger charge is -2.34. The molecule has 7 heteroatoms. The fourth-order valence-electron chi connectivity index (χ4n) is 3.32. The maximum absolute atomic E-state index is 12.3. The van der Waals surface area contributed by atoms with E-state index in [2.05, 4.69) is 13.8 Å². The molecule has 0 spiro atoms. The summed E-state index contributed by atoms with van der Waals surface area (Å²) in [5, 5.41) is 1.68. The highest BCUT2D eigenvalue weighted by atomic mass is 35.5. The van der Waals surface area contributed by atoms with Crippen molar-refractivity contribution in [1.29, 1.82) is 0 Å². The molecule has 2 heterocycles. The number of ether oxygens (including phenoxy) is 1. The van der Waals surface area contributed by atoms with Gasteiger partial charge in [0, 0.05) is 28.2 Å². The van der Waals surface area contributed by atoms with Crippen LogP contribution in [0.15, 0.2) is 18.2 Å². The standard InChI is InChI=1S/C18H19Cl2NO3S/c1-10-5-11(2)8-21(7-10)15(22)9-24-18(23)17-16(20)13-4-3-12(19)6-14(13)25-17/h3-4,6,10-11H,5,7-9H2,1-2H3/t10-,11-/m1/s1. The van der Waals surface area contributed by atoms with Crippen molar-refractivity contribution in [3.8, 4) is 0 Å². The number of hydrogen-bond donors (Lipinski definition) is 0. The number of piperidine rings is 1. The van der Waals surface area contributed by atoms with Crippen molar-refractivity contribution in [3.63, 3.8) is 0 Å². The lowest BCUT2D eigenvalue weighted by atomic mass is 9.92. The molecule has 1 aliphatic rings. The van der Waals surface area contributed by atoms with Crippen molar-refractivity contribution in [1.82, 2.24) is 4.90 Å². The fourth-order valence-corrected chi connectivity index (χ4v) is 5.00. The third-order valence-corrected chi connectivity index (χ3v) is 6.20. The highest BCUT2D eigenvalue weighted by Gasteiger charge is 2.26. The van der Waals surface area contributed by atoms with Gasteiger partial charge in [-0.15, -0.1) is 11.3 Å². The van der Waals surface area contributed by atoms with Crippen LogP contribution in [0.4, 0.5) is 0 Å². The molecular formula is C18H19Cl2NO3S. The summed E-state index contributed by atoms with van der Waals surface area (Å²) in [5.74, 6) is 0.191. The Hall–Kier alpha value is -1.30. The van der Waals surface area contributed by atoms with Gasteiger partial charge in [-0.05, 0) is 30.4 Å². The quantitative estimate of drug-likeness (QED) is 0.691. The molecule has 0 aliphatic carbocycles. The van der Waals surface area contributed by atoms with E-state index < -0.39 is 5.97 Å². The molecule has 0 radical (unpaired) electrons. The van der Waals surface area contributed by atoms with Gasteiger partial charge in [0.1, 0.15) is 4.88 Å². The van der Waals surface area contributed by atoms with Crippen LogP contribution in [0.2, 0.25) is 10.0 Å². The van der Waals surface area contributed by atoms with Crippen molar-refractivity contribution < 1.29 is 14.3 Å². The zero-order chi connectivity index (χ0) is 18.1. The second-order valence-corrected chi connectivity index (χ2v) is 8.57. The molecule has 2 atom stereocenters. The molecule has 1 saturated heterocycles. The molecule has 4 nitrogen and oxygen atoms in total. The lowest BCUT2D eigenvalue weighted by molar-refractivity contribution is -0.137. The number of benzene rings is 1. The lowest BCUT2D eigenvalue weighted by Crippen LogP contribution is -2.44. The SMILES string of the molecule is C[C@@H]1C[C@@H](C)CN(C(=O)COC(=O)c2sc3cc(Cl)ccc3c2Cl)C1. The molecule has 1 aliphatic heterocycles. The monoisotopic (exact) mass is 399 g/mol. The van der Waals surface area contributed by atoms with Crippen LogP contribution in [0.3, 0.4) is 0 Å². The number of amides is 1. The number of esters is 1. The molecule has 134 valence electrons. The number of likely N-dealkylation sites (tertiary alicyclic amines) is 1. The van der Waals surface area contributed by atoms with Crippen molar-refractivity contribution in [3.05, 3.63) is 33.1 Å². The fraction of sp³-hybridized carbons (Fsp3) is 0.444.